The lowest BCUT2D eigenvalue weighted by Gasteiger charge is -2.21. The summed E-state index contributed by atoms with van der Waals surface area (Å²) in [5.74, 6) is -2.32. The standard InChI is InChI=1S/C33H35F2N5O5/c1-37(2)30(41)9-5-4-7-23(20-38(3)33(44)45)31(42)36-28-8-6-16-39(32(28)43)21-27-18-24-17-26(35)14-15-29(24)40(27)19-22-10-12-25(34)13-11-22/h5-6,8-18,23H,4,7,19-21H2,1-3H3,(H,36,42)(H,44,45)/b9-5+/t23-/m0/s1. The van der Waals surface area contributed by atoms with Crippen LogP contribution in [0.1, 0.15) is 24.1 Å². The number of rotatable bonds is 12. The molecular weight excluding hydrogens is 584 g/mol. The van der Waals surface area contributed by atoms with Gasteiger partial charge in [0.05, 0.1) is 12.5 Å². The maximum Gasteiger partial charge on any atom is 0.407 e. The third-order valence-corrected chi connectivity index (χ3v) is 7.39. The highest BCUT2D eigenvalue weighted by Crippen LogP contribution is 2.24. The van der Waals surface area contributed by atoms with E-state index in [1.54, 1.807) is 56.7 Å². The average Bonchev–Trinajstić information content (AvgIpc) is 3.32. The highest BCUT2D eigenvalue weighted by Gasteiger charge is 2.23. The summed E-state index contributed by atoms with van der Waals surface area (Å²) in [5.41, 5.74) is 1.75. The van der Waals surface area contributed by atoms with E-state index in [-0.39, 0.29) is 36.9 Å². The van der Waals surface area contributed by atoms with E-state index in [9.17, 15) is 33.1 Å². The minimum absolute atomic E-state index is 0.0102. The van der Waals surface area contributed by atoms with Crippen LogP contribution in [-0.4, -0.2) is 69.6 Å². The Hall–Kier alpha value is -5.26. The van der Waals surface area contributed by atoms with Gasteiger partial charge in [0.25, 0.3) is 5.56 Å². The lowest BCUT2D eigenvalue weighted by Crippen LogP contribution is -2.37. The predicted molar refractivity (Wildman–Crippen MR) is 167 cm³/mol. The van der Waals surface area contributed by atoms with Gasteiger partial charge in [-0.2, -0.15) is 0 Å². The first-order valence-corrected chi connectivity index (χ1v) is 14.3. The number of anilines is 1. The molecule has 0 aliphatic rings. The fourth-order valence-corrected chi connectivity index (χ4v) is 4.90. The van der Waals surface area contributed by atoms with Crippen LogP contribution < -0.4 is 10.9 Å². The molecule has 236 valence electrons. The Morgan fingerprint density at radius 3 is 2.38 bits per heavy atom. The van der Waals surface area contributed by atoms with Gasteiger partial charge in [0.15, 0.2) is 0 Å². The molecule has 0 radical (unpaired) electrons. The van der Waals surface area contributed by atoms with E-state index < -0.39 is 29.3 Å². The van der Waals surface area contributed by atoms with Crippen molar-refractivity contribution in [1.29, 1.82) is 0 Å². The van der Waals surface area contributed by atoms with E-state index in [4.69, 9.17) is 0 Å². The molecule has 0 aliphatic heterocycles. The van der Waals surface area contributed by atoms with Gasteiger partial charge in [-0.05, 0) is 73.0 Å². The molecule has 2 N–H and O–H groups in total. The number of allylic oxidation sites excluding steroid dienone is 1. The van der Waals surface area contributed by atoms with Crippen LogP contribution in [0.4, 0.5) is 19.3 Å². The summed E-state index contributed by atoms with van der Waals surface area (Å²) in [4.78, 5) is 52.5. The zero-order valence-electron chi connectivity index (χ0n) is 25.2. The van der Waals surface area contributed by atoms with Gasteiger partial charge < -0.3 is 29.4 Å². The molecule has 0 saturated heterocycles. The Labute approximate surface area is 258 Å². The number of pyridine rings is 1. The highest BCUT2D eigenvalue weighted by molar-refractivity contribution is 5.92. The van der Waals surface area contributed by atoms with Crippen LogP contribution in [0, 0.1) is 17.6 Å². The van der Waals surface area contributed by atoms with Gasteiger partial charge >= 0.3 is 6.09 Å². The van der Waals surface area contributed by atoms with Crippen molar-refractivity contribution in [1.82, 2.24) is 18.9 Å². The number of aromatic nitrogens is 2. The van der Waals surface area contributed by atoms with Crippen LogP contribution in [-0.2, 0) is 22.7 Å². The van der Waals surface area contributed by atoms with Crippen LogP contribution in [0.3, 0.4) is 0 Å². The van der Waals surface area contributed by atoms with Crippen molar-refractivity contribution in [3.63, 3.8) is 0 Å². The van der Waals surface area contributed by atoms with Crippen LogP contribution in [0.15, 0.2) is 83.8 Å². The first kappa shape index (κ1) is 32.6. The van der Waals surface area contributed by atoms with E-state index in [1.807, 2.05) is 4.57 Å². The molecule has 4 rings (SSSR count). The predicted octanol–water partition coefficient (Wildman–Crippen LogP) is 4.77. The van der Waals surface area contributed by atoms with Crippen molar-refractivity contribution in [2.24, 2.45) is 5.92 Å². The Morgan fingerprint density at radius 2 is 1.69 bits per heavy atom. The minimum Gasteiger partial charge on any atom is -0.465 e. The van der Waals surface area contributed by atoms with Crippen LogP contribution in [0.25, 0.3) is 10.9 Å². The number of benzene rings is 2. The van der Waals surface area contributed by atoms with Crippen LogP contribution in [0.2, 0.25) is 0 Å². The fraction of sp³-hybridized carbons (Fsp3) is 0.273. The normalized spacial score (nSPS) is 11.9. The molecule has 2 heterocycles. The molecule has 0 aliphatic carbocycles. The van der Waals surface area contributed by atoms with Crippen molar-refractivity contribution < 1.29 is 28.3 Å². The van der Waals surface area contributed by atoms with Crippen molar-refractivity contribution in [3.05, 3.63) is 112 Å². The number of carboxylic acid groups (broad SMARTS) is 1. The molecule has 2 aromatic heterocycles. The van der Waals surface area contributed by atoms with Gasteiger partial charge in [-0.15, -0.1) is 0 Å². The van der Waals surface area contributed by atoms with E-state index in [1.165, 1.54) is 52.9 Å². The van der Waals surface area contributed by atoms with E-state index in [0.717, 1.165) is 16.0 Å². The molecular formula is C33H35F2N5O5. The highest BCUT2D eigenvalue weighted by atomic mass is 19.1. The summed E-state index contributed by atoms with van der Waals surface area (Å²) in [6.07, 6.45) is 3.95. The molecule has 1 atom stereocenters. The number of halogens is 2. The lowest BCUT2D eigenvalue weighted by atomic mass is 10.0. The molecule has 0 bridgehead atoms. The van der Waals surface area contributed by atoms with Crippen molar-refractivity contribution in [2.75, 3.05) is 33.0 Å². The van der Waals surface area contributed by atoms with Gasteiger partial charge in [-0.25, -0.2) is 13.6 Å². The third-order valence-electron chi connectivity index (χ3n) is 7.39. The molecule has 3 amide bonds. The smallest absolute Gasteiger partial charge is 0.407 e. The number of nitrogens with one attached hydrogen (secondary N) is 1. The van der Waals surface area contributed by atoms with Gasteiger partial charge in [0.2, 0.25) is 11.8 Å². The molecule has 0 fully saturated rings. The average molecular weight is 620 g/mol. The number of amides is 3. The number of fused-ring (bicyclic) bond motifs is 1. The Kier molecular flexibility index (Phi) is 10.5. The minimum atomic E-state index is -1.20. The Balaban J connectivity index is 1.58. The van der Waals surface area contributed by atoms with Crippen molar-refractivity contribution >= 4 is 34.5 Å². The number of hydrogen-bond acceptors (Lipinski definition) is 4. The number of nitrogens with zero attached hydrogens (tertiary/aromatic N) is 4. The van der Waals surface area contributed by atoms with Crippen molar-refractivity contribution in [2.45, 2.75) is 25.9 Å². The monoisotopic (exact) mass is 619 g/mol. The molecule has 0 saturated carbocycles. The molecule has 45 heavy (non-hydrogen) atoms. The zero-order chi connectivity index (χ0) is 32.7. The second-order valence-corrected chi connectivity index (χ2v) is 11.0. The first-order valence-electron chi connectivity index (χ1n) is 14.3. The fourth-order valence-electron chi connectivity index (χ4n) is 4.90. The molecule has 10 nitrogen and oxygen atoms in total. The van der Waals surface area contributed by atoms with Gasteiger partial charge in [0.1, 0.15) is 17.3 Å². The maximum atomic E-state index is 14.1. The quantitative estimate of drug-likeness (QED) is 0.222. The molecule has 2 aromatic carbocycles. The topological polar surface area (TPSA) is 117 Å². The third kappa shape index (κ3) is 8.43. The maximum absolute atomic E-state index is 14.1. The second kappa shape index (κ2) is 14.5. The largest absolute Gasteiger partial charge is 0.465 e. The molecule has 12 heteroatoms. The number of likely N-dealkylation sites (N-methyl/N-ethyl adjacent to an activating group) is 1. The van der Waals surface area contributed by atoms with Crippen LogP contribution in [0.5, 0.6) is 0 Å². The van der Waals surface area contributed by atoms with Gasteiger partial charge in [0, 0.05) is 57.0 Å². The van der Waals surface area contributed by atoms with Crippen molar-refractivity contribution in [3.8, 4) is 0 Å². The number of carbonyl (C=O) groups excluding carboxylic acids is 2. The number of carbonyl (C=O) groups is 3. The molecule has 4 aromatic rings. The first-order chi connectivity index (χ1) is 21.4. The Morgan fingerprint density at radius 1 is 0.978 bits per heavy atom. The van der Waals surface area contributed by atoms with Gasteiger partial charge in [-0.1, -0.05) is 18.2 Å². The van der Waals surface area contributed by atoms with E-state index in [2.05, 4.69) is 5.32 Å². The summed E-state index contributed by atoms with van der Waals surface area (Å²) in [5, 5.41) is 12.7. The lowest BCUT2D eigenvalue weighted by molar-refractivity contribution is -0.123. The second-order valence-electron chi connectivity index (χ2n) is 11.0. The zero-order valence-corrected chi connectivity index (χ0v) is 25.2. The van der Waals surface area contributed by atoms with Gasteiger partial charge in [-0.3, -0.25) is 14.4 Å². The summed E-state index contributed by atoms with van der Waals surface area (Å²) in [6, 6.07) is 15.3. The van der Waals surface area contributed by atoms with E-state index in [0.29, 0.717) is 24.0 Å². The van der Waals surface area contributed by atoms with E-state index >= 15 is 0 Å². The molecule has 0 unspecified atom stereocenters. The Bertz CT molecular complexity index is 1780. The summed E-state index contributed by atoms with van der Waals surface area (Å²) >= 11 is 0. The van der Waals surface area contributed by atoms with Crippen LogP contribution >= 0.6 is 0 Å². The number of hydrogen-bond donors (Lipinski definition) is 2. The summed E-state index contributed by atoms with van der Waals surface area (Å²) in [6.45, 7) is 0.330. The summed E-state index contributed by atoms with van der Waals surface area (Å²) in [7, 11) is 4.57. The summed E-state index contributed by atoms with van der Waals surface area (Å²) < 4.78 is 30.9. The SMILES string of the molecule is CN(C)C(=O)/C=C/CC[C@@H](CN(C)C(=O)O)C(=O)Nc1cccn(Cc2cc3cc(F)ccc3n2Cc2ccc(F)cc2)c1=O. The molecule has 0 spiro atoms.